The van der Waals surface area contributed by atoms with Crippen molar-refractivity contribution in [3.05, 3.63) is 222 Å². The normalized spacial score (nSPS) is 12.8. The maximum atomic E-state index is 4.74. The van der Waals surface area contributed by atoms with Crippen LogP contribution in [-0.2, 0) is 5.41 Å². The first-order valence-electron chi connectivity index (χ1n) is 18.7. The molecule has 0 bridgehead atoms. The van der Waals surface area contributed by atoms with Crippen molar-refractivity contribution < 1.29 is 0 Å². The van der Waals surface area contributed by atoms with Crippen LogP contribution in [0.4, 0.5) is 17.1 Å². The van der Waals surface area contributed by atoms with E-state index in [4.69, 9.17) is 20.4 Å². The number of benzene rings is 8. The van der Waals surface area contributed by atoms with Crippen molar-refractivity contribution in [1.82, 2.24) is 30.0 Å². The van der Waals surface area contributed by atoms with Gasteiger partial charge in [0.05, 0.1) is 16.8 Å². The van der Waals surface area contributed by atoms with Crippen LogP contribution in [-0.4, -0.2) is 30.0 Å². The molecular formula is C49H33N7. The molecule has 0 aliphatic heterocycles. The van der Waals surface area contributed by atoms with E-state index in [1.807, 2.05) is 48.5 Å². The van der Waals surface area contributed by atoms with Gasteiger partial charge >= 0.3 is 0 Å². The average Bonchev–Trinajstić information content (AvgIpc) is 3.98. The van der Waals surface area contributed by atoms with E-state index in [0.29, 0.717) is 0 Å². The Morgan fingerprint density at radius 3 is 1.21 bits per heavy atom. The summed E-state index contributed by atoms with van der Waals surface area (Å²) < 4.78 is 0. The van der Waals surface area contributed by atoms with E-state index in [2.05, 4.69) is 157 Å². The van der Waals surface area contributed by atoms with E-state index in [1.54, 1.807) is 9.59 Å². The molecule has 0 saturated carbocycles. The number of hydrogen-bond donors (Lipinski definition) is 0. The molecule has 0 fully saturated rings. The van der Waals surface area contributed by atoms with Crippen molar-refractivity contribution in [3.8, 4) is 22.5 Å². The number of hydrogen-bond acceptors (Lipinski definition) is 5. The van der Waals surface area contributed by atoms with Crippen LogP contribution in [0.3, 0.4) is 0 Å². The van der Waals surface area contributed by atoms with E-state index < -0.39 is 5.41 Å². The molecule has 0 saturated heterocycles. The Labute approximate surface area is 323 Å². The second-order valence-corrected chi connectivity index (χ2v) is 14.1. The van der Waals surface area contributed by atoms with Crippen LogP contribution in [0, 0.1) is 0 Å². The Kier molecular flexibility index (Phi) is 7.25. The van der Waals surface area contributed by atoms with E-state index in [1.165, 1.54) is 33.4 Å². The van der Waals surface area contributed by atoms with Gasteiger partial charge in [0.1, 0.15) is 22.1 Å². The molecule has 11 rings (SSSR count). The Morgan fingerprint density at radius 1 is 0.339 bits per heavy atom. The Morgan fingerprint density at radius 2 is 0.732 bits per heavy atom. The van der Waals surface area contributed by atoms with Gasteiger partial charge in [-0.15, -0.1) is 20.4 Å². The number of anilines is 3. The van der Waals surface area contributed by atoms with E-state index in [-0.39, 0.29) is 0 Å². The van der Waals surface area contributed by atoms with Gasteiger partial charge in [-0.25, -0.2) is 0 Å². The second-order valence-electron chi connectivity index (χ2n) is 14.1. The summed E-state index contributed by atoms with van der Waals surface area (Å²) in [5, 5.41) is 19.0. The SMILES string of the molecule is c1ccc(C2(c3ccccc3)c3ccccc3-c3ccc(N(c4ccc(-n5nc6ccccc6n5)cc4)c4ccc(-n5nc6ccccc6n5)cc4)cc32)cc1. The van der Waals surface area contributed by atoms with E-state index in [9.17, 15) is 0 Å². The van der Waals surface area contributed by atoms with Gasteiger partial charge in [-0.2, -0.15) is 9.59 Å². The van der Waals surface area contributed by atoms with E-state index >= 15 is 0 Å². The monoisotopic (exact) mass is 719 g/mol. The first-order chi connectivity index (χ1) is 27.7. The lowest BCUT2D eigenvalue weighted by Gasteiger charge is -2.35. The van der Waals surface area contributed by atoms with Crippen molar-refractivity contribution >= 4 is 39.1 Å². The Balaban J connectivity index is 1.09. The Bertz CT molecular complexity index is 2800. The molecule has 10 aromatic rings. The van der Waals surface area contributed by atoms with Crippen molar-refractivity contribution in [2.75, 3.05) is 4.90 Å². The number of rotatable bonds is 7. The quantitative estimate of drug-likeness (QED) is 0.164. The predicted octanol–water partition coefficient (Wildman–Crippen LogP) is 11.0. The summed E-state index contributed by atoms with van der Waals surface area (Å²) in [7, 11) is 0. The van der Waals surface area contributed by atoms with Crippen molar-refractivity contribution in [3.63, 3.8) is 0 Å². The molecule has 8 aromatic carbocycles. The van der Waals surface area contributed by atoms with Crippen molar-refractivity contribution in [2.24, 2.45) is 0 Å². The van der Waals surface area contributed by atoms with Gasteiger partial charge in [-0.3, -0.25) is 0 Å². The molecule has 0 atom stereocenters. The summed E-state index contributed by atoms with van der Waals surface area (Å²) in [6.45, 7) is 0. The fourth-order valence-electron chi connectivity index (χ4n) is 8.44. The van der Waals surface area contributed by atoms with Crippen LogP contribution in [0.1, 0.15) is 22.3 Å². The van der Waals surface area contributed by atoms with Gasteiger partial charge < -0.3 is 4.90 Å². The van der Waals surface area contributed by atoms with Crippen LogP contribution >= 0.6 is 0 Å². The minimum atomic E-state index is -0.522. The van der Waals surface area contributed by atoms with Gasteiger partial charge in [0, 0.05) is 17.1 Å². The lowest BCUT2D eigenvalue weighted by molar-refractivity contribution is 0.765. The lowest BCUT2D eigenvalue weighted by Crippen LogP contribution is -2.28. The fourth-order valence-corrected chi connectivity index (χ4v) is 8.44. The summed E-state index contributed by atoms with van der Waals surface area (Å²) in [6, 6.07) is 70.4. The topological polar surface area (TPSA) is 64.7 Å². The minimum absolute atomic E-state index is 0.522. The zero-order chi connectivity index (χ0) is 37.1. The smallest absolute Gasteiger partial charge is 0.113 e. The first-order valence-corrected chi connectivity index (χ1v) is 18.7. The molecule has 56 heavy (non-hydrogen) atoms. The second kappa shape index (κ2) is 12.7. The summed E-state index contributed by atoms with van der Waals surface area (Å²) >= 11 is 0. The highest BCUT2D eigenvalue weighted by Crippen LogP contribution is 2.57. The molecule has 0 N–H and O–H groups in total. The third-order valence-corrected chi connectivity index (χ3v) is 11.0. The molecule has 7 nitrogen and oxygen atoms in total. The molecule has 0 amide bonds. The summed E-state index contributed by atoms with van der Waals surface area (Å²) in [6.07, 6.45) is 0. The summed E-state index contributed by atoms with van der Waals surface area (Å²) in [5.74, 6) is 0. The van der Waals surface area contributed by atoms with Gasteiger partial charge in [0.25, 0.3) is 0 Å². The maximum absolute atomic E-state index is 4.74. The van der Waals surface area contributed by atoms with Crippen LogP contribution in [0.5, 0.6) is 0 Å². The third kappa shape index (κ3) is 4.98. The van der Waals surface area contributed by atoms with E-state index in [0.717, 1.165) is 50.5 Å². The first kappa shape index (κ1) is 31.8. The minimum Gasteiger partial charge on any atom is -0.310 e. The highest BCUT2D eigenvalue weighted by Gasteiger charge is 2.46. The van der Waals surface area contributed by atoms with Gasteiger partial charge in [-0.05, 0) is 118 Å². The molecule has 2 heterocycles. The number of aromatic nitrogens is 6. The number of nitrogens with zero attached hydrogens (tertiary/aromatic N) is 7. The van der Waals surface area contributed by atoms with Crippen LogP contribution in [0.25, 0.3) is 44.6 Å². The third-order valence-electron chi connectivity index (χ3n) is 11.0. The zero-order valence-corrected chi connectivity index (χ0v) is 30.2. The maximum Gasteiger partial charge on any atom is 0.113 e. The van der Waals surface area contributed by atoms with Crippen LogP contribution in [0.15, 0.2) is 200 Å². The molecule has 1 aliphatic carbocycles. The molecule has 1 aliphatic rings. The molecule has 7 heteroatoms. The molecule has 0 radical (unpaired) electrons. The standard InChI is InChI=1S/C49H33N7/c1-3-13-34(14-4-1)49(35-15-5-2-6-16-35)43-18-8-7-17-41(43)42-32-31-40(33-44(42)49)54(36-23-27-38(28-24-36)55-50-45-19-9-10-20-46(45)51-55)37-25-29-39(30-26-37)56-52-47-21-11-12-22-48(47)53-56/h1-33H. The predicted molar refractivity (Wildman–Crippen MR) is 223 cm³/mol. The fraction of sp³-hybridized carbons (Fsp3) is 0.0204. The molecule has 2 aromatic heterocycles. The lowest BCUT2D eigenvalue weighted by atomic mass is 9.67. The molecular weight excluding hydrogens is 687 g/mol. The van der Waals surface area contributed by atoms with Crippen molar-refractivity contribution in [2.45, 2.75) is 5.41 Å². The highest BCUT2D eigenvalue weighted by atomic mass is 15.5. The Hall–Kier alpha value is -7.64. The highest BCUT2D eigenvalue weighted by molar-refractivity contribution is 5.89. The largest absolute Gasteiger partial charge is 0.310 e. The average molecular weight is 720 g/mol. The van der Waals surface area contributed by atoms with Gasteiger partial charge in [0.2, 0.25) is 0 Å². The molecule has 0 unspecified atom stereocenters. The summed E-state index contributed by atoms with van der Waals surface area (Å²) in [5.41, 5.74) is 15.2. The molecule has 264 valence electrons. The zero-order valence-electron chi connectivity index (χ0n) is 30.2. The van der Waals surface area contributed by atoms with Crippen LogP contribution < -0.4 is 4.90 Å². The molecule has 0 spiro atoms. The van der Waals surface area contributed by atoms with Crippen LogP contribution in [0.2, 0.25) is 0 Å². The van der Waals surface area contributed by atoms with Gasteiger partial charge in [-0.1, -0.05) is 115 Å². The number of fused-ring (bicyclic) bond motifs is 5. The summed E-state index contributed by atoms with van der Waals surface area (Å²) in [4.78, 5) is 5.72. The van der Waals surface area contributed by atoms with Gasteiger partial charge in [0.15, 0.2) is 0 Å². The van der Waals surface area contributed by atoms with Crippen molar-refractivity contribution in [1.29, 1.82) is 0 Å².